The molecule has 1 aliphatic heterocycles. The summed E-state index contributed by atoms with van der Waals surface area (Å²) >= 11 is 6.25. The first-order valence-corrected chi connectivity index (χ1v) is 8.56. The Labute approximate surface area is 142 Å². The van der Waals surface area contributed by atoms with Gasteiger partial charge < -0.3 is 14.7 Å². The van der Waals surface area contributed by atoms with Crippen LogP contribution in [0.15, 0.2) is 18.2 Å². The highest BCUT2D eigenvalue weighted by molar-refractivity contribution is 6.32. The summed E-state index contributed by atoms with van der Waals surface area (Å²) < 4.78 is 5.56. The van der Waals surface area contributed by atoms with Crippen LogP contribution < -0.4 is 4.74 Å². The van der Waals surface area contributed by atoms with Gasteiger partial charge in [-0.3, -0.25) is 9.69 Å². The fraction of sp³-hybridized carbons (Fsp3) is 0.588. The van der Waals surface area contributed by atoms with Crippen LogP contribution in [-0.4, -0.2) is 60.2 Å². The third-order valence-corrected chi connectivity index (χ3v) is 4.48. The van der Waals surface area contributed by atoms with Gasteiger partial charge in [-0.05, 0) is 30.7 Å². The van der Waals surface area contributed by atoms with E-state index in [1.807, 2.05) is 17.9 Å². The molecule has 5 nitrogen and oxygen atoms in total. The molecule has 1 unspecified atom stereocenters. The first-order valence-electron chi connectivity index (χ1n) is 8.18. The molecule has 1 aliphatic rings. The van der Waals surface area contributed by atoms with Gasteiger partial charge in [-0.15, -0.1) is 0 Å². The van der Waals surface area contributed by atoms with E-state index in [1.165, 1.54) is 0 Å². The second kappa shape index (κ2) is 8.52. The molecular formula is C17H25ClN2O3. The molecule has 0 aromatic heterocycles. The van der Waals surface area contributed by atoms with E-state index in [0.717, 1.165) is 39.1 Å². The summed E-state index contributed by atoms with van der Waals surface area (Å²) in [5.41, 5.74) is 0.705. The van der Waals surface area contributed by atoms with Crippen LogP contribution in [0.2, 0.25) is 5.02 Å². The van der Waals surface area contributed by atoms with Crippen molar-refractivity contribution in [3.05, 3.63) is 28.8 Å². The van der Waals surface area contributed by atoms with Crippen molar-refractivity contribution in [2.45, 2.75) is 26.3 Å². The Morgan fingerprint density at radius 3 is 2.52 bits per heavy atom. The van der Waals surface area contributed by atoms with Crippen LogP contribution in [0.25, 0.3) is 0 Å². The number of hydrogen-bond acceptors (Lipinski definition) is 4. The topological polar surface area (TPSA) is 53.0 Å². The molecule has 0 saturated carbocycles. The Kier molecular flexibility index (Phi) is 6.69. The van der Waals surface area contributed by atoms with Gasteiger partial charge in [-0.25, -0.2) is 0 Å². The monoisotopic (exact) mass is 340 g/mol. The molecule has 0 radical (unpaired) electrons. The van der Waals surface area contributed by atoms with Crippen molar-refractivity contribution >= 4 is 17.6 Å². The molecule has 0 spiro atoms. The number of piperazine rings is 1. The normalized spacial score (nSPS) is 17.9. The lowest BCUT2D eigenvalue weighted by Gasteiger charge is -2.37. The smallest absolute Gasteiger partial charge is 0.325 e. The molecule has 1 heterocycles. The zero-order valence-electron chi connectivity index (χ0n) is 13.8. The number of carboxylic acids is 1. The first kappa shape index (κ1) is 18.0. The quantitative estimate of drug-likeness (QED) is 0.827. The number of hydrogen-bond donors (Lipinski definition) is 1. The van der Waals surface area contributed by atoms with Gasteiger partial charge in [-0.1, -0.05) is 31.5 Å². The van der Waals surface area contributed by atoms with E-state index < -0.39 is 12.0 Å². The van der Waals surface area contributed by atoms with Crippen LogP contribution in [0.4, 0.5) is 0 Å². The Bertz CT molecular complexity index is 531. The zero-order valence-corrected chi connectivity index (χ0v) is 14.6. The number of nitrogens with zero attached hydrogens (tertiary/aromatic N) is 2. The van der Waals surface area contributed by atoms with Crippen LogP contribution in [0.1, 0.15) is 31.9 Å². The summed E-state index contributed by atoms with van der Waals surface area (Å²) in [5.74, 6) is -0.231. The van der Waals surface area contributed by atoms with Gasteiger partial charge in [0.15, 0.2) is 0 Å². The van der Waals surface area contributed by atoms with E-state index in [1.54, 1.807) is 12.1 Å². The van der Waals surface area contributed by atoms with E-state index in [2.05, 4.69) is 11.8 Å². The maximum Gasteiger partial charge on any atom is 0.325 e. The Morgan fingerprint density at radius 1 is 1.30 bits per heavy atom. The molecule has 6 heteroatoms. The highest BCUT2D eigenvalue weighted by Gasteiger charge is 2.30. The fourth-order valence-corrected chi connectivity index (χ4v) is 3.11. The van der Waals surface area contributed by atoms with Crippen molar-refractivity contribution < 1.29 is 14.6 Å². The molecule has 1 saturated heterocycles. The highest BCUT2D eigenvalue weighted by Crippen LogP contribution is 2.31. The maximum atomic E-state index is 11.8. The molecule has 0 aliphatic carbocycles. The third kappa shape index (κ3) is 4.59. The number of aliphatic carboxylic acids is 1. The second-order valence-electron chi connectivity index (χ2n) is 5.75. The van der Waals surface area contributed by atoms with E-state index in [-0.39, 0.29) is 0 Å². The van der Waals surface area contributed by atoms with Gasteiger partial charge in [0.05, 0.1) is 11.6 Å². The van der Waals surface area contributed by atoms with Crippen molar-refractivity contribution in [2.75, 3.05) is 39.3 Å². The van der Waals surface area contributed by atoms with E-state index in [9.17, 15) is 9.90 Å². The van der Waals surface area contributed by atoms with Crippen LogP contribution in [0.5, 0.6) is 5.75 Å². The number of ether oxygens (including phenoxy) is 1. The number of rotatable bonds is 7. The van der Waals surface area contributed by atoms with Gasteiger partial charge in [0.25, 0.3) is 0 Å². The third-order valence-electron chi connectivity index (χ3n) is 4.19. The van der Waals surface area contributed by atoms with Crippen molar-refractivity contribution in [2.24, 2.45) is 0 Å². The van der Waals surface area contributed by atoms with Crippen molar-refractivity contribution in [1.82, 2.24) is 9.80 Å². The lowest BCUT2D eigenvalue weighted by molar-refractivity contribution is -0.144. The van der Waals surface area contributed by atoms with Gasteiger partial charge in [-0.2, -0.15) is 0 Å². The molecule has 0 amide bonds. The highest BCUT2D eigenvalue weighted by atomic mass is 35.5. The number of likely N-dealkylation sites (N-methyl/N-ethyl adjacent to an activating group) is 1. The van der Waals surface area contributed by atoms with E-state index in [4.69, 9.17) is 16.3 Å². The van der Waals surface area contributed by atoms with Crippen LogP contribution in [-0.2, 0) is 4.79 Å². The van der Waals surface area contributed by atoms with Crippen LogP contribution in [0, 0.1) is 0 Å². The number of benzene rings is 1. The molecule has 0 bridgehead atoms. The molecule has 1 fully saturated rings. The second-order valence-corrected chi connectivity index (χ2v) is 6.16. The summed E-state index contributed by atoms with van der Waals surface area (Å²) in [4.78, 5) is 16.1. The van der Waals surface area contributed by atoms with Crippen molar-refractivity contribution in [1.29, 1.82) is 0 Å². The molecular weight excluding hydrogens is 316 g/mol. The molecule has 2 rings (SSSR count). The van der Waals surface area contributed by atoms with Crippen LogP contribution in [0.3, 0.4) is 0 Å². The largest absolute Gasteiger partial charge is 0.492 e. The Morgan fingerprint density at radius 2 is 2.00 bits per heavy atom. The van der Waals surface area contributed by atoms with Crippen molar-refractivity contribution in [3.63, 3.8) is 0 Å². The molecule has 1 aromatic carbocycles. The molecule has 1 aromatic rings. The molecule has 128 valence electrons. The summed E-state index contributed by atoms with van der Waals surface area (Å²) in [6.45, 7) is 9.03. The standard InChI is InChI=1S/C17H25ClN2O3/c1-3-11-23-15-6-5-13(12-14(15)18)16(17(21)22)20-9-7-19(4-2)8-10-20/h5-6,12,16H,3-4,7-11H2,1-2H3,(H,21,22). The predicted molar refractivity (Wildman–Crippen MR) is 91.3 cm³/mol. The number of carbonyl (C=O) groups is 1. The number of carboxylic acid groups (broad SMARTS) is 1. The molecule has 23 heavy (non-hydrogen) atoms. The SMILES string of the molecule is CCCOc1ccc(C(C(=O)O)N2CCN(CC)CC2)cc1Cl. The van der Waals surface area contributed by atoms with Gasteiger partial charge >= 0.3 is 5.97 Å². The lowest BCUT2D eigenvalue weighted by atomic mass is 10.0. The summed E-state index contributed by atoms with van der Waals surface area (Å²) in [5, 5.41) is 10.1. The fourth-order valence-electron chi connectivity index (χ4n) is 2.86. The zero-order chi connectivity index (χ0) is 16.8. The molecule has 1 N–H and O–H groups in total. The summed E-state index contributed by atoms with van der Waals surface area (Å²) in [6, 6.07) is 4.64. The van der Waals surface area contributed by atoms with E-state index >= 15 is 0 Å². The summed E-state index contributed by atoms with van der Waals surface area (Å²) in [6.07, 6.45) is 0.900. The van der Waals surface area contributed by atoms with Crippen LogP contribution >= 0.6 is 11.6 Å². The Balaban J connectivity index is 2.15. The Hall–Kier alpha value is -1.30. The maximum absolute atomic E-state index is 11.8. The summed E-state index contributed by atoms with van der Waals surface area (Å²) in [7, 11) is 0. The van der Waals surface area contributed by atoms with Crippen molar-refractivity contribution in [3.8, 4) is 5.75 Å². The lowest BCUT2D eigenvalue weighted by Crippen LogP contribution is -2.49. The van der Waals surface area contributed by atoms with E-state index in [0.29, 0.717) is 22.9 Å². The minimum atomic E-state index is -0.840. The average Bonchev–Trinajstić information content (AvgIpc) is 2.54. The predicted octanol–water partition coefficient (Wildman–Crippen LogP) is 2.89. The average molecular weight is 341 g/mol. The van der Waals surface area contributed by atoms with Gasteiger partial charge in [0.1, 0.15) is 11.8 Å². The first-order chi connectivity index (χ1) is 11.1. The minimum Gasteiger partial charge on any atom is -0.492 e. The molecule has 1 atom stereocenters. The minimum absolute atomic E-state index is 0.467. The number of halogens is 1. The van der Waals surface area contributed by atoms with Gasteiger partial charge in [0, 0.05) is 26.2 Å². The van der Waals surface area contributed by atoms with Gasteiger partial charge in [0.2, 0.25) is 0 Å².